The van der Waals surface area contributed by atoms with Crippen molar-refractivity contribution >= 4 is 23.1 Å². The number of anilines is 2. The number of carbonyl (C=O) groups excluding carboxylic acids is 1. The van der Waals surface area contributed by atoms with Crippen molar-refractivity contribution in [2.45, 2.75) is 31.4 Å². The zero-order valence-electron chi connectivity index (χ0n) is 22.8. The largest absolute Gasteiger partial charge is 0.382 e. The van der Waals surface area contributed by atoms with Gasteiger partial charge in [-0.25, -0.2) is 15.0 Å². The first-order chi connectivity index (χ1) is 20.0. The molecule has 1 saturated carbocycles. The van der Waals surface area contributed by atoms with Crippen molar-refractivity contribution in [1.29, 1.82) is 0 Å². The van der Waals surface area contributed by atoms with Crippen LogP contribution < -0.4 is 11.1 Å². The second-order valence-electron chi connectivity index (χ2n) is 10.7. The van der Waals surface area contributed by atoms with Gasteiger partial charge in [-0.3, -0.25) is 18.8 Å². The molecule has 11 nitrogen and oxygen atoms in total. The Morgan fingerprint density at radius 3 is 2.78 bits per heavy atom. The zero-order chi connectivity index (χ0) is 27.9. The van der Waals surface area contributed by atoms with Crippen LogP contribution in [0.25, 0.3) is 16.8 Å². The van der Waals surface area contributed by atoms with Gasteiger partial charge in [0.25, 0.3) is 5.91 Å². The molecule has 11 heteroatoms. The summed E-state index contributed by atoms with van der Waals surface area (Å²) in [6.45, 7) is 2.90. The number of pyridine rings is 1. The topological polar surface area (TPSA) is 128 Å². The number of rotatable bonds is 7. The van der Waals surface area contributed by atoms with Gasteiger partial charge in [0.1, 0.15) is 34.8 Å². The fourth-order valence-electron chi connectivity index (χ4n) is 5.48. The van der Waals surface area contributed by atoms with Gasteiger partial charge in [0, 0.05) is 68.2 Å². The van der Waals surface area contributed by atoms with Crippen LogP contribution in [0.5, 0.6) is 0 Å². The predicted octanol–water partition coefficient (Wildman–Crippen LogP) is 3.81. The summed E-state index contributed by atoms with van der Waals surface area (Å²) >= 11 is 0. The number of fused-ring (bicyclic) bond motifs is 1. The number of aryl methyl sites for hydroxylation is 1. The first-order valence-corrected chi connectivity index (χ1v) is 13.8. The maximum Gasteiger partial charge on any atom is 0.256 e. The standard InChI is InChI=1S/C30H31N9O2/c1-37-16-19(15-34-37)17-38-12-13-41-24(18-38)29-36-26(27-28(31)33-10-11-39(27)29)21-4-6-22(7-5-21)30(40)35-25-14-23(8-9-32-25)20-2-3-20/h4-11,14-16,20,24H,2-3,12-13,17-18H2,1H3,(H2,31,33)(H,32,35,40)/t24-/m1/s1. The Labute approximate surface area is 237 Å². The molecule has 2 fully saturated rings. The van der Waals surface area contributed by atoms with Gasteiger partial charge in [-0.05, 0) is 48.6 Å². The molecule has 1 amide bonds. The zero-order valence-corrected chi connectivity index (χ0v) is 22.8. The van der Waals surface area contributed by atoms with Crippen LogP contribution in [-0.4, -0.2) is 59.6 Å². The molecule has 4 aromatic heterocycles. The quantitative estimate of drug-likeness (QED) is 0.314. The van der Waals surface area contributed by atoms with E-state index in [4.69, 9.17) is 15.5 Å². The van der Waals surface area contributed by atoms with Gasteiger partial charge < -0.3 is 15.8 Å². The van der Waals surface area contributed by atoms with Gasteiger partial charge >= 0.3 is 0 Å². The number of ether oxygens (including phenoxy) is 1. The minimum Gasteiger partial charge on any atom is -0.382 e. The molecule has 3 N–H and O–H groups in total. The third-order valence-electron chi connectivity index (χ3n) is 7.71. The van der Waals surface area contributed by atoms with Crippen molar-refractivity contribution in [2.75, 3.05) is 30.7 Å². The summed E-state index contributed by atoms with van der Waals surface area (Å²) in [5.41, 5.74) is 11.5. The van der Waals surface area contributed by atoms with Crippen LogP contribution in [0.1, 0.15) is 52.2 Å². The van der Waals surface area contributed by atoms with Crippen molar-refractivity contribution in [3.05, 3.63) is 89.9 Å². The highest BCUT2D eigenvalue weighted by atomic mass is 16.5. The van der Waals surface area contributed by atoms with E-state index in [0.717, 1.165) is 30.0 Å². The minimum absolute atomic E-state index is 0.210. The maximum absolute atomic E-state index is 13.0. The molecule has 1 atom stereocenters. The molecular formula is C30H31N9O2. The van der Waals surface area contributed by atoms with Gasteiger partial charge in [-0.15, -0.1) is 0 Å². The molecule has 0 radical (unpaired) electrons. The summed E-state index contributed by atoms with van der Waals surface area (Å²) in [4.78, 5) is 29.0. The first kappa shape index (κ1) is 25.4. The summed E-state index contributed by atoms with van der Waals surface area (Å²) in [6.07, 6.45) is 11.4. The number of benzene rings is 1. The highest BCUT2D eigenvalue weighted by molar-refractivity contribution is 6.04. The van der Waals surface area contributed by atoms with Crippen molar-refractivity contribution in [3.8, 4) is 11.3 Å². The number of carbonyl (C=O) groups is 1. The summed E-state index contributed by atoms with van der Waals surface area (Å²) < 4.78 is 9.99. The predicted molar refractivity (Wildman–Crippen MR) is 154 cm³/mol. The number of nitrogens with two attached hydrogens (primary N) is 1. The molecule has 1 aliphatic heterocycles. The summed E-state index contributed by atoms with van der Waals surface area (Å²) in [6, 6.07) is 11.3. The lowest BCUT2D eigenvalue weighted by Gasteiger charge is -2.32. The maximum atomic E-state index is 13.0. The van der Waals surface area contributed by atoms with Gasteiger partial charge in [-0.2, -0.15) is 5.10 Å². The molecule has 5 heterocycles. The highest BCUT2D eigenvalue weighted by Gasteiger charge is 2.28. The molecule has 0 bridgehead atoms. The monoisotopic (exact) mass is 549 g/mol. The van der Waals surface area contributed by atoms with Crippen molar-refractivity contribution in [3.63, 3.8) is 0 Å². The Kier molecular flexibility index (Phi) is 6.44. The number of nitrogens with zero attached hydrogens (tertiary/aromatic N) is 7. The van der Waals surface area contributed by atoms with Crippen LogP contribution in [-0.2, 0) is 18.3 Å². The number of hydrogen-bond acceptors (Lipinski definition) is 8. The first-order valence-electron chi connectivity index (χ1n) is 13.8. The summed E-state index contributed by atoms with van der Waals surface area (Å²) in [7, 11) is 1.92. The van der Waals surface area contributed by atoms with E-state index in [0.29, 0.717) is 47.5 Å². The Bertz CT molecular complexity index is 1720. The lowest BCUT2D eigenvalue weighted by atomic mass is 10.1. The summed E-state index contributed by atoms with van der Waals surface area (Å²) in [5, 5.41) is 7.21. The average Bonchev–Trinajstić information content (AvgIpc) is 3.65. The fraction of sp³-hybridized carbons (Fsp3) is 0.300. The average molecular weight is 550 g/mol. The van der Waals surface area contributed by atoms with Gasteiger partial charge in [0.2, 0.25) is 0 Å². The van der Waals surface area contributed by atoms with Crippen LogP contribution >= 0.6 is 0 Å². The van der Waals surface area contributed by atoms with Gasteiger partial charge in [-0.1, -0.05) is 12.1 Å². The molecule has 7 rings (SSSR count). The number of imidazole rings is 1. The van der Waals surface area contributed by atoms with Crippen molar-refractivity contribution in [2.24, 2.45) is 7.05 Å². The molecule has 1 aliphatic carbocycles. The van der Waals surface area contributed by atoms with E-state index in [1.54, 1.807) is 24.5 Å². The van der Waals surface area contributed by atoms with E-state index in [2.05, 4.69) is 25.3 Å². The molecule has 5 aromatic rings. The van der Waals surface area contributed by atoms with E-state index in [-0.39, 0.29) is 12.0 Å². The van der Waals surface area contributed by atoms with E-state index in [1.807, 2.05) is 59.0 Å². The highest BCUT2D eigenvalue weighted by Crippen LogP contribution is 2.40. The van der Waals surface area contributed by atoms with E-state index in [9.17, 15) is 4.79 Å². The van der Waals surface area contributed by atoms with Crippen LogP contribution in [0.2, 0.25) is 0 Å². The Morgan fingerprint density at radius 1 is 1.15 bits per heavy atom. The number of aromatic nitrogens is 6. The van der Waals surface area contributed by atoms with Crippen LogP contribution in [0.15, 0.2) is 67.4 Å². The number of nitrogen functional groups attached to an aromatic ring is 1. The molecule has 1 aromatic carbocycles. The van der Waals surface area contributed by atoms with Crippen molar-refractivity contribution < 1.29 is 9.53 Å². The number of morpholine rings is 1. The van der Waals surface area contributed by atoms with Gasteiger partial charge in [0.05, 0.1) is 12.8 Å². The molecule has 2 aliphatic rings. The van der Waals surface area contributed by atoms with Gasteiger partial charge in [0.15, 0.2) is 0 Å². The Hall–Kier alpha value is -4.61. The van der Waals surface area contributed by atoms with Crippen LogP contribution in [0.4, 0.5) is 11.6 Å². The molecule has 208 valence electrons. The lowest BCUT2D eigenvalue weighted by Crippen LogP contribution is -2.38. The van der Waals surface area contributed by atoms with E-state index in [1.165, 1.54) is 18.4 Å². The van der Waals surface area contributed by atoms with Crippen LogP contribution in [0, 0.1) is 0 Å². The van der Waals surface area contributed by atoms with E-state index < -0.39 is 0 Å². The number of nitrogens with one attached hydrogen (secondary N) is 1. The van der Waals surface area contributed by atoms with Crippen LogP contribution in [0.3, 0.4) is 0 Å². The molecular weight excluding hydrogens is 518 g/mol. The smallest absolute Gasteiger partial charge is 0.256 e. The second-order valence-corrected chi connectivity index (χ2v) is 10.7. The second kappa shape index (κ2) is 10.4. The third kappa shape index (κ3) is 5.17. The SMILES string of the molecule is Cn1cc(CN2CCO[C@@H](c3nc(-c4ccc(C(=O)Nc5cc(C6CC6)ccn5)cc4)c4c(N)nccn34)C2)cn1. The Morgan fingerprint density at radius 2 is 2.00 bits per heavy atom. The normalized spacial score (nSPS) is 17.6. The molecule has 0 spiro atoms. The van der Waals surface area contributed by atoms with E-state index >= 15 is 0 Å². The molecule has 1 saturated heterocycles. The Balaban J connectivity index is 1.14. The van der Waals surface area contributed by atoms with Crippen molar-refractivity contribution in [1.82, 2.24) is 34.0 Å². The lowest BCUT2D eigenvalue weighted by molar-refractivity contribution is -0.0374. The summed E-state index contributed by atoms with van der Waals surface area (Å²) in [5.74, 6) is 2.10. The molecule has 41 heavy (non-hydrogen) atoms. The number of hydrogen-bond donors (Lipinski definition) is 2. The number of amides is 1. The third-order valence-corrected chi connectivity index (χ3v) is 7.71. The minimum atomic E-state index is -0.243. The fourth-order valence-corrected chi connectivity index (χ4v) is 5.48. The molecule has 0 unspecified atom stereocenters.